The first-order valence-electron chi connectivity index (χ1n) is 9.45. The Morgan fingerprint density at radius 1 is 1.21 bits per heavy atom. The molecule has 0 aliphatic heterocycles. The van der Waals surface area contributed by atoms with Gasteiger partial charge in [-0.05, 0) is 43.4 Å². The van der Waals surface area contributed by atoms with E-state index >= 15 is 0 Å². The second-order valence-corrected chi connectivity index (χ2v) is 7.73. The number of ether oxygens (including phenoxy) is 1. The first-order chi connectivity index (χ1) is 13.4. The molecule has 0 bridgehead atoms. The van der Waals surface area contributed by atoms with Crippen molar-refractivity contribution >= 4 is 28.2 Å². The molecule has 7 heteroatoms. The van der Waals surface area contributed by atoms with Crippen LogP contribution in [0.5, 0.6) is 5.75 Å². The quantitative estimate of drug-likeness (QED) is 0.540. The van der Waals surface area contributed by atoms with Gasteiger partial charge in [-0.25, -0.2) is 4.79 Å². The van der Waals surface area contributed by atoms with E-state index in [1.165, 1.54) is 5.57 Å². The second-order valence-electron chi connectivity index (χ2n) is 7.73. The number of nitrogens with zero attached hydrogens (tertiary/aromatic N) is 2. The van der Waals surface area contributed by atoms with Gasteiger partial charge in [0.1, 0.15) is 11.3 Å². The van der Waals surface area contributed by atoms with Crippen LogP contribution in [-0.4, -0.2) is 28.0 Å². The number of nitrogens with one attached hydrogen (secondary N) is 2. The van der Waals surface area contributed by atoms with Crippen molar-refractivity contribution in [3.63, 3.8) is 0 Å². The molecule has 2 aromatic heterocycles. The van der Waals surface area contributed by atoms with Gasteiger partial charge in [0, 0.05) is 23.0 Å². The molecule has 0 unspecified atom stereocenters. The van der Waals surface area contributed by atoms with Crippen LogP contribution in [0.2, 0.25) is 0 Å². The number of H-pyrrole nitrogens is 2. The van der Waals surface area contributed by atoms with E-state index in [0.717, 1.165) is 22.0 Å². The van der Waals surface area contributed by atoms with Gasteiger partial charge in [-0.1, -0.05) is 25.5 Å². The summed E-state index contributed by atoms with van der Waals surface area (Å²) in [4.78, 5) is 31.4. The Kier molecular flexibility index (Phi) is 4.45. The summed E-state index contributed by atoms with van der Waals surface area (Å²) < 4.78 is 6.14. The predicted molar refractivity (Wildman–Crippen MR) is 111 cm³/mol. The fourth-order valence-corrected chi connectivity index (χ4v) is 4.27. The average molecular weight is 380 g/mol. The fourth-order valence-electron chi connectivity index (χ4n) is 4.27. The Balaban J connectivity index is 1.81. The predicted octanol–water partition coefficient (Wildman–Crippen LogP) is 3.25. The largest absolute Gasteiger partial charge is 0.497 e. The van der Waals surface area contributed by atoms with Gasteiger partial charge in [0.2, 0.25) is 0 Å². The molecule has 1 aliphatic carbocycles. The smallest absolute Gasteiger partial charge is 0.350 e. The number of rotatable bonds is 3. The number of aromatic nitrogens is 3. The average Bonchev–Trinajstić information content (AvgIpc) is 3.01. The normalized spacial score (nSPS) is 22.9. The molecular weight excluding hydrogens is 356 g/mol. The minimum Gasteiger partial charge on any atom is -0.497 e. The number of aromatic amines is 2. The highest BCUT2D eigenvalue weighted by molar-refractivity contribution is 6.04. The van der Waals surface area contributed by atoms with Crippen LogP contribution in [0, 0.1) is 17.8 Å². The third-order valence-corrected chi connectivity index (χ3v) is 5.65. The van der Waals surface area contributed by atoms with Gasteiger partial charge in [0.05, 0.1) is 12.6 Å². The zero-order chi connectivity index (χ0) is 20.0. The van der Waals surface area contributed by atoms with E-state index in [1.807, 2.05) is 6.07 Å². The van der Waals surface area contributed by atoms with Gasteiger partial charge in [0.15, 0.2) is 0 Å². The molecule has 0 fully saturated rings. The Morgan fingerprint density at radius 3 is 2.71 bits per heavy atom. The van der Waals surface area contributed by atoms with Crippen molar-refractivity contribution in [1.29, 1.82) is 0 Å². The number of methoxy groups -OCH3 is 1. The molecule has 4 rings (SSSR count). The van der Waals surface area contributed by atoms with E-state index < -0.39 is 11.2 Å². The maximum absolute atomic E-state index is 12.9. The summed E-state index contributed by atoms with van der Waals surface area (Å²) >= 11 is 0. The molecular formula is C21H24N4O3. The monoisotopic (exact) mass is 380 g/mol. The molecule has 7 nitrogen and oxygen atoms in total. The van der Waals surface area contributed by atoms with E-state index in [9.17, 15) is 9.59 Å². The van der Waals surface area contributed by atoms with Crippen LogP contribution in [0.25, 0.3) is 21.9 Å². The highest BCUT2D eigenvalue weighted by Gasteiger charge is 2.25. The summed E-state index contributed by atoms with van der Waals surface area (Å²) in [5.74, 6) is 1.55. The first kappa shape index (κ1) is 18.3. The number of hydrogen-bond donors (Lipinski definition) is 2. The molecule has 2 heterocycles. The Morgan fingerprint density at radius 2 is 2.00 bits per heavy atom. The Bertz CT molecular complexity index is 1230. The SMILES string of the molecule is COc1ccc2[nH]c3c(=O)n(N=C[C@H]4[C@H](C)C=C(C)C[C@H]4C)c(=O)[nH]c3c2c1. The van der Waals surface area contributed by atoms with Gasteiger partial charge in [-0.2, -0.15) is 5.10 Å². The van der Waals surface area contributed by atoms with Crippen LogP contribution >= 0.6 is 0 Å². The van der Waals surface area contributed by atoms with Crippen LogP contribution < -0.4 is 16.0 Å². The molecule has 1 aromatic carbocycles. The highest BCUT2D eigenvalue weighted by Crippen LogP contribution is 2.32. The van der Waals surface area contributed by atoms with E-state index in [-0.39, 0.29) is 5.92 Å². The molecule has 0 amide bonds. The summed E-state index contributed by atoms with van der Waals surface area (Å²) in [6.07, 6.45) is 4.97. The van der Waals surface area contributed by atoms with Crippen LogP contribution in [-0.2, 0) is 0 Å². The summed E-state index contributed by atoms with van der Waals surface area (Å²) in [5.41, 5.74) is 1.89. The van der Waals surface area contributed by atoms with Gasteiger partial charge in [0.25, 0.3) is 0 Å². The van der Waals surface area contributed by atoms with Crippen molar-refractivity contribution in [3.8, 4) is 5.75 Å². The molecule has 3 atom stereocenters. The zero-order valence-corrected chi connectivity index (χ0v) is 16.4. The number of benzene rings is 1. The van der Waals surface area contributed by atoms with E-state index in [4.69, 9.17) is 4.74 Å². The minimum absolute atomic E-state index is 0.178. The lowest BCUT2D eigenvalue weighted by atomic mass is 9.76. The fraction of sp³-hybridized carbons (Fsp3) is 0.381. The molecule has 0 saturated heterocycles. The summed E-state index contributed by atoms with van der Waals surface area (Å²) in [5, 5.41) is 5.00. The lowest BCUT2D eigenvalue weighted by Gasteiger charge is -2.29. The lowest BCUT2D eigenvalue weighted by Crippen LogP contribution is -2.33. The number of allylic oxidation sites excluding steroid dienone is 2. The van der Waals surface area contributed by atoms with E-state index in [1.54, 1.807) is 25.5 Å². The lowest BCUT2D eigenvalue weighted by molar-refractivity contribution is 0.361. The first-order valence-corrected chi connectivity index (χ1v) is 9.45. The summed E-state index contributed by atoms with van der Waals surface area (Å²) in [6, 6.07) is 5.41. The number of fused-ring (bicyclic) bond motifs is 3. The molecule has 3 aromatic rings. The van der Waals surface area contributed by atoms with Gasteiger partial charge >= 0.3 is 11.2 Å². The van der Waals surface area contributed by atoms with E-state index in [0.29, 0.717) is 28.6 Å². The Hall–Kier alpha value is -3.09. The minimum atomic E-state index is -0.555. The molecule has 0 saturated carbocycles. The number of hydrogen-bond acceptors (Lipinski definition) is 4. The molecule has 0 radical (unpaired) electrons. The van der Waals surface area contributed by atoms with Crippen LogP contribution in [0.3, 0.4) is 0 Å². The van der Waals surface area contributed by atoms with Crippen molar-refractivity contribution in [1.82, 2.24) is 14.6 Å². The molecule has 28 heavy (non-hydrogen) atoms. The topological polar surface area (TPSA) is 92.2 Å². The molecule has 1 aliphatic rings. The highest BCUT2D eigenvalue weighted by atomic mass is 16.5. The van der Waals surface area contributed by atoms with Crippen molar-refractivity contribution in [3.05, 3.63) is 50.7 Å². The second kappa shape index (κ2) is 6.82. The third-order valence-electron chi connectivity index (χ3n) is 5.65. The molecule has 0 spiro atoms. The molecule has 146 valence electrons. The van der Waals surface area contributed by atoms with Crippen molar-refractivity contribution in [2.75, 3.05) is 7.11 Å². The van der Waals surface area contributed by atoms with Crippen molar-refractivity contribution in [2.45, 2.75) is 27.2 Å². The molecule has 2 N–H and O–H groups in total. The van der Waals surface area contributed by atoms with E-state index in [2.05, 4.69) is 41.9 Å². The van der Waals surface area contributed by atoms with Crippen molar-refractivity contribution in [2.24, 2.45) is 22.9 Å². The summed E-state index contributed by atoms with van der Waals surface area (Å²) in [7, 11) is 1.57. The van der Waals surface area contributed by atoms with Gasteiger partial charge in [-0.3, -0.25) is 4.79 Å². The third kappa shape index (κ3) is 2.96. The van der Waals surface area contributed by atoms with Crippen LogP contribution in [0.4, 0.5) is 0 Å². The summed E-state index contributed by atoms with van der Waals surface area (Å²) in [6.45, 7) is 6.44. The van der Waals surface area contributed by atoms with Gasteiger partial charge in [-0.15, -0.1) is 4.68 Å². The van der Waals surface area contributed by atoms with Crippen molar-refractivity contribution < 1.29 is 4.74 Å². The van der Waals surface area contributed by atoms with Gasteiger partial charge < -0.3 is 14.7 Å². The zero-order valence-electron chi connectivity index (χ0n) is 16.4. The van der Waals surface area contributed by atoms with Crippen LogP contribution in [0.15, 0.2) is 44.5 Å². The maximum Gasteiger partial charge on any atom is 0.350 e. The maximum atomic E-state index is 12.9. The van der Waals surface area contributed by atoms with Crippen LogP contribution in [0.1, 0.15) is 27.2 Å². The standard InChI is InChI=1S/C21H24N4O3/c1-11-7-12(2)16(13(3)8-11)10-22-25-20(26)19-18(24-21(25)27)15-9-14(28-4)5-6-17(15)23-19/h5-7,9-10,12-13,16,23H,8H2,1-4H3,(H,24,27)/t12-,13-,16+/m1/s1. The Labute approximate surface area is 161 Å².